The zero-order valence-electron chi connectivity index (χ0n) is 9.92. The standard InChI is InChI=1S/C12H19N3O/c1-9-4-6-14-11(10(9)13)15-8-12(2)5-3-7-16-12/h4,6H,3,5,7-8,13H2,1-2H3,(H,14,15). The fourth-order valence-corrected chi connectivity index (χ4v) is 1.96. The Labute approximate surface area is 96.2 Å². The number of nitrogens with one attached hydrogen (secondary N) is 1. The average Bonchev–Trinajstić information content (AvgIpc) is 2.68. The van der Waals surface area contributed by atoms with Crippen LogP contribution in [0.1, 0.15) is 25.3 Å². The van der Waals surface area contributed by atoms with Crippen LogP contribution in [0.5, 0.6) is 0 Å². The van der Waals surface area contributed by atoms with Gasteiger partial charge in [-0.05, 0) is 38.3 Å². The molecule has 4 heteroatoms. The molecule has 1 fully saturated rings. The van der Waals surface area contributed by atoms with Gasteiger partial charge in [-0.1, -0.05) is 0 Å². The molecule has 1 aromatic rings. The Morgan fingerprint density at radius 1 is 1.62 bits per heavy atom. The van der Waals surface area contributed by atoms with Crippen LogP contribution in [-0.4, -0.2) is 23.7 Å². The summed E-state index contributed by atoms with van der Waals surface area (Å²) in [5.74, 6) is 0.761. The normalized spacial score (nSPS) is 24.6. The van der Waals surface area contributed by atoms with E-state index in [1.165, 1.54) is 0 Å². The molecular formula is C12H19N3O. The summed E-state index contributed by atoms with van der Waals surface area (Å²) < 4.78 is 5.70. The summed E-state index contributed by atoms with van der Waals surface area (Å²) in [4.78, 5) is 4.24. The molecule has 0 aliphatic carbocycles. The summed E-state index contributed by atoms with van der Waals surface area (Å²) in [5, 5.41) is 3.28. The van der Waals surface area contributed by atoms with Crippen molar-refractivity contribution in [3.63, 3.8) is 0 Å². The molecule has 0 radical (unpaired) electrons. The van der Waals surface area contributed by atoms with E-state index in [1.54, 1.807) is 6.20 Å². The average molecular weight is 221 g/mol. The van der Waals surface area contributed by atoms with Crippen molar-refractivity contribution in [3.8, 4) is 0 Å². The second-order valence-corrected chi connectivity index (χ2v) is 4.65. The number of nitrogens with two attached hydrogens (primary N) is 1. The Kier molecular flexibility index (Phi) is 3.01. The molecule has 1 aliphatic heterocycles. The first-order valence-corrected chi connectivity index (χ1v) is 5.70. The number of ether oxygens (including phenoxy) is 1. The van der Waals surface area contributed by atoms with Crippen LogP contribution in [0.4, 0.5) is 11.5 Å². The van der Waals surface area contributed by atoms with Crippen molar-refractivity contribution in [1.82, 2.24) is 4.98 Å². The fraction of sp³-hybridized carbons (Fsp3) is 0.583. The SMILES string of the molecule is Cc1ccnc(NCC2(C)CCCO2)c1N. The molecule has 0 aromatic carbocycles. The van der Waals surface area contributed by atoms with Crippen LogP contribution in [0.2, 0.25) is 0 Å². The number of nitrogen functional groups attached to an aromatic ring is 1. The first-order chi connectivity index (χ1) is 7.61. The number of rotatable bonds is 3. The van der Waals surface area contributed by atoms with Crippen LogP contribution >= 0.6 is 0 Å². The predicted molar refractivity (Wildman–Crippen MR) is 65.5 cm³/mol. The highest BCUT2D eigenvalue weighted by atomic mass is 16.5. The number of hydrogen-bond donors (Lipinski definition) is 2. The lowest BCUT2D eigenvalue weighted by atomic mass is 10.0. The molecular weight excluding hydrogens is 202 g/mol. The smallest absolute Gasteiger partial charge is 0.149 e. The first-order valence-electron chi connectivity index (χ1n) is 5.70. The van der Waals surface area contributed by atoms with Gasteiger partial charge in [0.2, 0.25) is 0 Å². The Morgan fingerprint density at radius 3 is 3.12 bits per heavy atom. The van der Waals surface area contributed by atoms with Gasteiger partial charge in [-0.25, -0.2) is 4.98 Å². The van der Waals surface area contributed by atoms with Crippen molar-refractivity contribution in [2.24, 2.45) is 0 Å². The summed E-state index contributed by atoms with van der Waals surface area (Å²) in [6.45, 7) is 5.72. The van der Waals surface area contributed by atoms with E-state index in [9.17, 15) is 0 Å². The van der Waals surface area contributed by atoms with Crippen LogP contribution in [0.3, 0.4) is 0 Å². The fourth-order valence-electron chi connectivity index (χ4n) is 1.96. The van der Waals surface area contributed by atoms with Gasteiger partial charge in [0.05, 0.1) is 11.3 Å². The van der Waals surface area contributed by atoms with Crippen molar-refractivity contribution in [2.75, 3.05) is 24.2 Å². The molecule has 3 N–H and O–H groups in total. The van der Waals surface area contributed by atoms with Gasteiger partial charge in [0.1, 0.15) is 5.82 Å². The highest BCUT2D eigenvalue weighted by Crippen LogP contribution is 2.26. The molecule has 0 bridgehead atoms. The lowest BCUT2D eigenvalue weighted by molar-refractivity contribution is 0.0315. The van der Waals surface area contributed by atoms with Crippen molar-refractivity contribution in [1.29, 1.82) is 0 Å². The van der Waals surface area contributed by atoms with Crippen LogP contribution in [0.15, 0.2) is 12.3 Å². The van der Waals surface area contributed by atoms with Crippen LogP contribution in [0.25, 0.3) is 0 Å². The highest BCUT2D eigenvalue weighted by molar-refractivity contribution is 5.64. The molecule has 1 saturated heterocycles. The van der Waals surface area contributed by atoms with Crippen molar-refractivity contribution in [2.45, 2.75) is 32.3 Å². The molecule has 0 amide bonds. The Hall–Kier alpha value is -1.29. The molecule has 4 nitrogen and oxygen atoms in total. The maximum atomic E-state index is 5.94. The molecule has 1 aromatic heterocycles. The van der Waals surface area contributed by atoms with Gasteiger partial charge >= 0.3 is 0 Å². The third-order valence-electron chi connectivity index (χ3n) is 3.14. The summed E-state index contributed by atoms with van der Waals surface area (Å²) in [6, 6.07) is 1.91. The quantitative estimate of drug-likeness (QED) is 0.819. The lowest BCUT2D eigenvalue weighted by Gasteiger charge is -2.24. The number of hydrogen-bond acceptors (Lipinski definition) is 4. The summed E-state index contributed by atoms with van der Waals surface area (Å²) >= 11 is 0. The van der Waals surface area contributed by atoms with Crippen molar-refractivity contribution in [3.05, 3.63) is 17.8 Å². The van der Waals surface area contributed by atoms with E-state index in [-0.39, 0.29) is 5.60 Å². The van der Waals surface area contributed by atoms with Gasteiger partial charge < -0.3 is 15.8 Å². The Balaban J connectivity index is 2.02. The minimum absolute atomic E-state index is 0.0716. The maximum absolute atomic E-state index is 5.94. The maximum Gasteiger partial charge on any atom is 0.149 e. The van der Waals surface area contributed by atoms with Gasteiger partial charge in [0.25, 0.3) is 0 Å². The third kappa shape index (κ3) is 2.27. The first kappa shape index (κ1) is 11.2. The second kappa shape index (κ2) is 4.29. The van der Waals surface area contributed by atoms with Gasteiger partial charge in [-0.2, -0.15) is 0 Å². The van der Waals surface area contributed by atoms with Gasteiger partial charge in [-0.15, -0.1) is 0 Å². The van der Waals surface area contributed by atoms with Crippen molar-refractivity contribution >= 4 is 11.5 Å². The summed E-state index contributed by atoms with van der Waals surface area (Å²) in [6.07, 6.45) is 3.99. The largest absolute Gasteiger partial charge is 0.396 e. The number of anilines is 2. The van der Waals surface area contributed by atoms with E-state index in [1.807, 2.05) is 13.0 Å². The molecule has 0 saturated carbocycles. The lowest BCUT2D eigenvalue weighted by Crippen LogP contribution is -2.33. The van der Waals surface area contributed by atoms with E-state index >= 15 is 0 Å². The monoisotopic (exact) mass is 221 g/mol. The van der Waals surface area contributed by atoms with Crippen molar-refractivity contribution < 1.29 is 4.74 Å². The molecule has 0 spiro atoms. The highest BCUT2D eigenvalue weighted by Gasteiger charge is 2.29. The van der Waals surface area contributed by atoms with Crippen LogP contribution < -0.4 is 11.1 Å². The zero-order valence-corrected chi connectivity index (χ0v) is 9.92. The van der Waals surface area contributed by atoms with E-state index in [0.29, 0.717) is 0 Å². The van der Waals surface area contributed by atoms with Gasteiger partial charge in [0.15, 0.2) is 0 Å². The zero-order chi connectivity index (χ0) is 11.6. The van der Waals surface area contributed by atoms with E-state index in [2.05, 4.69) is 17.2 Å². The second-order valence-electron chi connectivity index (χ2n) is 4.65. The molecule has 88 valence electrons. The van der Waals surface area contributed by atoms with E-state index < -0.39 is 0 Å². The minimum atomic E-state index is -0.0716. The molecule has 1 unspecified atom stereocenters. The van der Waals surface area contributed by atoms with E-state index in [0.717, 1.165) is 43.1 Å². The van der Waals surface area contributed by atoms with E-state index in [4.69, 9.17) is 10.5 Å². The molecule has 1 atom stereocenters. The minimum Gasteiger partial charge on any atom is -0.396 e. The van der Waals surface area contributed by atoms with Crippen LogP contribution in [0, 0.1) is 6.92 Å². The van der Waals surface area contributed by atoms with Crippen LogP contribution in [-0.2, 0) is 4.74 Å². The Morgan fingerprint density at radius 2 is 2.44 bits per heavy atom. The van der Waals surface area contributed by atoms with Gasteiger partial charge in [0, 0.05) is 19.3 Å². The summed E-state index contributed by atoms with van der Waals surface area (Å²) in [5.41, 5.74) is 7.65. The number of nitrogens with zero attached hydrogens (tertiary/aromatic N) is 1. The number of aryl methyl sites for hydroxylation is 1. The van der Waals surface area contributed by atoms with Gasteiger partial charge in [-0.3, -0.25) is 0 Å². The molecule has 2 rings (SSSR count). The summed E-state index contributed by atoms with van der Waals surface area (Å²) in [7, 11) is 0. The number of pyridine rings is 1. The molecule has 16 heavy (non-hydrogen) atoms. The topological polar surface area (TPSA) is 60.2 Å². The molecule has 2 heterocycles. The third-order valence-corrected chi connectivity index (χ3v) is 3.14. The Bertz CT molecular complexity index is 373. The predicted octanol–water partition coefficient (Wildman–Crippen LogP) is 1.95. The number of aromatic nitrogens is 1. The molecule has 1 aliphatic rings.